The number of nitrogens with one attached hydrogen (secondary N) is 1. The summed E-state index contributed by atoms with van der Waals surface area (Å²) in [5, 5.41) is 12.6. The number of hydrogen-bond donors (Lipinski definition) is 2. The summed E-state index contributed by atoms with van der Waals surface area (Å²) in [5.41, 5.74) is 1.16. The number of carbonyl (C=O) groups is 1. The average Bonchev–Trinajstić information content (AvgIpc) is 2.30. The molecule has 82 valence electrons. The molecule has 2 N–H and O–H groups in total. The van der Waals surface area contributed by atoms with Crippen molar-refractivity contribution < 1.29 is 14.7 Å². The first-order valence-electron chi connectivity index (χ1n) is 4.49. The van der Waals surface area contributed by atoms with Crippen molar-refractivity contribution in [3.8, 4) is 0 Å². The second kappa shape index (κ2) is 5.33. The Bertz CT molecular complexity index is 341. The predicted octanol–water partition coefficient (Wildman–Crippen LogP) is 0.886. The van der Waals surface area contributed by atoms with Crippen LogP contribution in [-0.2, 0) is 11.4 Å². The third-order valence-corrected chi connectivity index (χ3v) is 1.96. The van der Waals surface area contributed by atoms with Gasteiger partial charge in [0, 0.05) is 12.6 Å². The minimum atomic E-state index is -0.390. The van der Waals surface area contributed by atoms with Crippen LogP contribution in [0, 0.1) is 0 Å². The van der Waals surface area contributed by atoms with Crippen LogP contribution in [0.15, 0.2) is 24.3 Å². The van der Waals surface area contributed by atoms with Crippen molar-refractivity contribution in [1.82, 2.24) is 5.32 Å². The summed E-state index contributed by atoms with van der Waals surface area (Å²) in [6, 6.07) is 6.59. The Kier molecular flexibility index (Phi) is 4.08. The lowest BCUT2D eigenvalue weighted by Gasteiger charge is -2.21. The molecule has 5 heteroatoms. The van der Waals surface area contributed by atoms with Gasteiger partial charge in [-0.2, -0.15) is 5.06 Å². The molecule has 0 aliphatic heterocycles. The molecule has 0 atom stereocenters. The molecule has 2 amide bonds. The zero-order valence-electron chi connectivity index (χ0n) is 8.73. The fraction of sp³-hybridized carbons (Fsp3) is 0.300. The molecular formula is C10H14N2O3. The quantitative estimate of drug-likeness (QED) is 0.728. The molecule has 0 aliphatic carbocycles. The minimum Gasteiger partial charge on any atom is -0.392 e. The summed E-state index contributed by atoms with van der Waals surface area (Å²) in [6.45, 7) is -0.146. The summed E-state index contributed by atoms with van der Waals surface area (Å²) in [7, 11) is 2.90. The van der Waals surface area contributed by atoms with E-state index >= 15 is 0 Å². The van der Waals surface area contributed by atoms with Crippen molar-refractivity contribution >= 4 is 11.7 Å². The molecule has 0 fully saturated rings. The fourth-order valence-electron chi connectivity index (χ4n) is 1.23. The number of carbonyl (C=O) groups excluding carboxylic acids is 1. The first-order valence-corrected chi connectivity index (χ1v) is 4.49. The van der Waals surface area contributed by atoms with Crippen LogP contribution >= 0.6 is 0 Å². The number of hydrogen-bond acceptors (Lipinski definition) is 3. The lowest BCUT2D eigenvalue weighted by Crippen LogP contribution is -2.37. The van der Waals surface area contributed by atoms with Crippen molar-refractivity contribution in [1.29, 1.82) is 0 Å². The Morgan fingerprint density at radius 2 is 2.20 bits per heavy atom. The molecule has 0 aliphatic rings. The Hall–Kier alpha value is -1.59. The highest BCUT2D eigenvalue weighted by atomic mass is 16.7. The van der Waals surface area contributed by atoms with E-state index in [0.29, 0.717) is 11.3 Å². The standard InChI is InChI=1S/C10H14N2O3/c1-11-10(14)12(15-2)9-6-4-3-5-8(9)7-13/h3-6,13H,7H2,1-2H3,(H,11,14). The molecule has 0 bridgehead atoms. The molecule has 0 heterocycles. The smallest absolute Gasteiger partial charge is 0.345 e. The number of rotatable bonds is 3. The molecule has 0 radical (unpaired) electrons. The Morgan fingerprint density at radius 3 is 2.73 bits per heavy atom. The topological polar surface area (TPSA) is 61.8 Å². The molecule has 1 aromatic rings. The van der Waals surface area contributed by atoms with Gasteiger partial charge in [-0.25, -0.2) is 4.79 Å². The average molecular weight is 210 g/mol. The Labute approximate surface area is 88.2 Å². The van der Waals surface area contributed by atoms with Crippen LogP contribution in [0.5, 0.6) is 0 Å². The monoisotopic (exact) mass is 210 g/mol. The van der Waals surface area contributed by atoms with Gasteiger partial charge in [-0.05, 0) is 6.07 Å². The third kappa shape index (κ3) is 2.45. The second-order valence-electron chi connectivity index (χ2n) is 2.82. The van der Waals surface area contributed by atoms with Gasteiger partial charge in [0.15, 0.2) is 0 Å². The zero-order valence-corrected chi connectivity index (χ0v) is 8.73. The highest BCUT2D eigenvalue weighted by Gasteiger charge is 2.16. The van der Waals surface area contributed by atoms with E-state index in [0.717, 1.165) is 5.06 Å². The molecule has 0 saturated heterocycles. The van der Waals surface area contributed by atoms with Gasteiger partial charge in [-0.1, -0.05) is 18.2 Å². The maximum Gasteiger partial charge on any atom is 0.345 e. The maximum absolute atomic E-state index is 11.4. The number of urea groups is 1. The van der Waals surface area contributed by atoms with Gasteiger partial charge >= 0.3 is 6.03 Å². The zero-order chi connectivity index (χ0) is 11.3. The molecule has 1 rings (SSSR count). The van der Waals surface area contributed by atoms with E-state index in [4.69, 9.17) is 9.94 Å². The molecule has 5 nitrogen and oxygen atoms in total. The number of nitrogens with zero attached hydrogens (tertiary/aromatic N) is 1. The number of para-hydroxylation sites is 1. The molecule has 15 heavy (non-hydrogen) atoms. The van der Waals surface area contributed by atoms with Crippen LogP contribution in [0.4, 0.5) is 10.5 Å². The summed E-state index contributed by atoms with van der Waals surface area (Å²) >= 11 is 0. The molecule has 0 aromatic heterocycles. The van der Waals surface area contributed by atoms with Crippen molar-refractivity contribution in [3.63, 3.8) is 0 Å². The SMILES string of the molecule is CNC(=O)N(OC)c1ccccc1CO. The summed E-state index contributed by atoms with van der Waals surface area (Å²) < 4.78 is 0. The molecular weight excluding hydrogens is 196 g/mol. The van der Waals surface area contributed by atoms with E-state index in [2.05, 4.69) is 5.32 Å². The maximum atomic E-state index is 11.4. The highest BCUT2D eigenvalue weighted by Crippen LogP contribution is 2.20. The molecule has 0 saturated carbocycles. The summed E-state index contributed by atoms with van der Waals surface area (Å²) in [6.07, 6.45) is 0. The first-order chi connectivity index (χ1) is 7.24. The summed E-state index contributed by atoms with van der Waals surface area (Å²) in [4.78, 5) is 16.4. The van der Waals surface area contributed by atoms with Gasteiger partial charge in [0.25, 0.3) is 0 Å². The van der Waals surface area contributed by atoms with Gasteiger partial charge in [0.05, 0.1) is 19.4 Å². The van der Waals surface area contributed by atoms with Crippen LogP contribution in [0.25, 0.3) is 0 Å². The largest absolute Gasteiger partial charge is 0.392 e. The lowest BCUT2D eigenvalue weighted by atomic mass is 10.2. The van der Waals surface area contributed by atoms with Crippen LogP contribution in [0.2, 0.25) is 0 Å². The Balaban J connectivity index is 3.05. The number of benzene rings is 1. The van der Waals surface area contributed by atoms with Gasteiger partial charge < -0.3 is 10.4 Å². The number of hydroxylamine groups is 1. The first kappa shape index (κ1) is 11.5. The van der Waals surface area contributed by atoms with Crippen molar-refractivity contribution in [3.05, 3.63) is 29.8 Å². The number of aliphatic hydroxyl groups is 1. The number of aliphatic hydroxyl groups excluding tert-OH is 1. The normalized spacial score (nSPS) is 9.80. The fourth-order valence-corrected chi connectivity index (χ4v) is 1.23. The summed E-state index contributed by atoms with van der Waals surface area (Å²) in [5.74, 6) is 0. The van der Waals surface area contributed by atoms with Crippen molar-refractivity contribution in [2.45, 2.75) is 6.61 Å². The van der Waals surface area contributed by atoms with Gasteiger partial charge in [-0.3, -0.25) is 4.84 Å². The third-order valence-electron chi connectivity index (χ3n) is 1.96. The van der Waals surface area contributed by atoms with Crippen LogP contribution in [0.3, 0.4) is 0 Å². The second-order valence-corrected chi connectivity index (χ2v) is 2.82. The lowest BCUT2D eigenvalue weighted by molar-refractivity contribution is 0.163. The predicted molar refractivity (Wildman–Crippen MR) is 56.3 cm³/mol. The van der Waals surface area contributed by atoms with E-state index in [1.807, 2.05) is 0 Å². The van der Waals surface area contributed by atoms with E-state index in [1.165, 1.54) is 14.2 Å². The Morgan fingerprint density at radius 1 is 1.53 bits per heavy atom. The van der Waals surface area contributed by atoms with Crippen LogP contribution in [0.1, 0.15) is 5.56 Å². The molecule has 0 unspecified atom stereocenters. The highest BCUT2D eigenvalue weighted by molar-refractivity contribution is 5.90. The van der Waals surface area contributed by atoms with E-state index < -0.39 is 6.03 Å². The number of anilines is 1. The minimum absolute atomic E-state index is 0.146. The van der Waals surface area contributed by atoms with Gasteiger partial charge in [0.1, 0.15) is 0 Å². The van der Waals surface area contributed by atoms with Gasteiger partial charge in [-0.15, -0.1) is 0 Å². The van der Waals surface area contributed by atoms with E-state index in [9.17, 15) is 4.79 Å². The number of amides is 2. The molecule has 0 spiro atoms. The van der Waals surface area contributed by atoms with Crippen molar-refractivity contribution in [2.75, 3.05) is 19.2 Å². The van der Waals surface area contributed by atoms with Crippen LogP contribution in [-0.4, -0.2) is 25.3 Å². The van der Waals surface area contributed by atoms with Crippen LogP contribution < -0.4 is 10.4 Å². The van der Waals surface area contributed by atoms with Gasteiger partial charge in [0.2, 0.25) is 0 Å². The van der Waals surface area contributed by atoms with E-state index in [-0.39, 0.29) is 6.61 Å². The molecule has 1 aromatic carbocycles. The van der Waals surface area contributed by atoms with Crippen molar-refractivity contribution in [2.24, 2.45) is 0 Å². The van der Waals surface area contributed by atoms with E-state index in [1.54, 1.807) is 24.3 Å².